The van der Waals surface area contributed by atoms with Gasteiger partial charge in [0, 0.05) is 15.3 Å². The molecule has 1 atom stereocenters. The van der Waals surface area contributed by atoms with Gasteiger partial charge in [-0.05, 0) is 24.6 Å². The highest BCUT2D eigenvalue weighted by molar-refractivity contribution is 8.13. The van der Waals surface area contributed by atoms with Crippen LogP contribution in [0, 0.1) is 5.41 Å². The fourth-order valence-corrected chi connectivity index (χ4v) is 2.44. The molecule has 0 aliphatic carbocycles. The number of rotatable bonds is 2. The van der Waals surface area contributed by atoms with E-state index in [1.54, 1.807) is 12.1 Å². The summed E-state index contributed by atoms with van der Waals surface area (Å²) in [7, 11) is 0. The number of nitrogens with two attached hydrogens (primary N) is 1. The number of halogens is 2. The second-order valence-electron chi connectivity index (χ2n) is 2.79. The topological polar surface area (TPSA) is 49.9 Å². The zero-order valence-electron chi connectivity index (χ0n) is 7.55. The first kappa shape index (κ1) is 11.7. The summed E-state index contributed by atoms with van der Waals surface area (Å²) >= 11 is 13.0. The molecule has 1 aromatic carbocycles. The highest BCUT2D eigenvalue weighted by Gasteiger charge is 2.11. The predicted octanol–water partition coefficient (Wildman–Crippen LogP) is 3.68. The van der Waals surface area contributed by atoms with Crippen LogP contribution in [0.1, 0.15) is 17.7 Å². The summed E-state index contributed by atoms with van der Waals surface area (Å²) in [4.78, 5) is 0. The normalized spacial score (nSPS) is 12.5. The van der Waals surface area contributed by atoms with Crippen molar-refractivity contribution >= 4 is 40.1 Å². The maximum Gasteiger partial charge on any atom is 0.151 e. The van der Waals surface area contributed by atoms with Crippen molar-refractivity contribution in [2.45, 2.75) is 12.2 Å². The molecule has 0 bridgehead atoms. The van der Waals surface area contributed by atoms with Gasteiger partial charge in [0.05, 0.1) is 0 Å². The summed E-state index contributed by atoms with van der Waals surface area (Å²) in [6.07, 6.45) is 0. The Bertz CT molecular complexity index is 355. The van der Waals surface area contributed by atoms with E-state index in [0.29, 0.717) is 10.0 Å². The second kappa shape index (κ2) is 4.91. The van der Waals surface area contributed by atoms with Gasteiger partial charge in [0.2, 0.25) is 0 Å². The Balaban J connectivity index is 2.90. The third kappa shape index (κ3) is 3.08. The average Bonchev–Trinajstić information content (AvgIpc) is 2.01. The average molecular weight is 249 g/mol. The van der Waals surface area contributed by atoms with Crippen molar-refractivity contribution in [2.75, 3.05) is 0 Å². The van der Waals surface area contributed by atoms with Crippen LogP contribution in [0.3, 0.4) is 0 Å². The van der Waals surface area contributed by atoms with E-state index in [1.165, 1.54) is 11.8 Å². The Morgan fingerprint density at radius 1 is 1.50 bits per heavy atom. The molecule has 0 heterocycles. The van der Waals surface area contributed by atoms with Crippen molar-refractivity contribution in [2.24, 2.45) is 5.73 Å². The van der Waals surface area contributed by atoms with Crippen LogP contribution in [0.2, 0.25) is 10.0 Å². The standard InChI is InChI=1S/C9H10Cl2N2S/c1-5(14-9(12)13)7-3-2-6(10)4-8(7)11/h2-5H,1H3,(H3,12,13). The van der Waals surface area contributed by atoms with E-state index in [-0.39, 0.29) is 10.4 Å². The molecule has 0 aliphatic rings. The molecule has 0 aromatic heterocycles. The minimum absolute atomic E-state index is 0.0669. The highest BCUT2D eigenvalue weighted by atomic mass is 35.5. The molecule has 5 heteroatoms. The number of benzene rings is 1. The second-order valence-corrected chi connectivity index (χ2v) is 5.02. The van der Waals surface area contributed by atoms with Crippen LogP contribution < -0.4 is 5.73 Å². The van der Waals surface area contributed by atoms with Gasteiger partial charge < -0.3 is 5.73 Å². The van der Waals surface area contributed by atoms with Crippen molar-refractivity contribution < 1.29 is 0 Å². The maximum atomic E-state index is 7.16. The van der Waals surface area contributed by atoms with Gasteiger partial charge in [-0.1, -0.05) is 41.0 Å². The summed E-state index contributed by atoms with van der Waals surface area (Å²) in [6, 6.07) is 5.32. The summed E-state index contributed by atoms with van der Waals surface area (Å²) in [5, 5.41) is 8.53. The van der Waals surface area contributed by atoms with Crippen LogP contribution in [-0.4, -0.2) is 5.17 Å². The lowest BCUT2D eigenvalue weighted by molar-refractivity contribution is 1.11. The van der Waals surface area contributed by atoms with Gasteiger partial charge in [0.15, 0.2) is 5.17 Å². The van der Waals surface area contributed by atoms with Gasteiger partial charge in [-0.15, -0.1) is 0 Å². The molecule has 0 spiro atoms. The fourth-order valence-electron chi connectivity index (χ4n) is 1.09. The van der Waals surface area contributed by atoms with Crippen LogP contribution in [0.4, 0.5) is 0 Å². The molecule has 0 saturated heterocycles. The number of nitrogens with one attached hydrogen (secondary N) is 1. The largest absolute Gasteiger partial charge is 0.379 e. The highest BCUT2D eigenvalue weighted by Crippen LogP contribution is 2.34. The first-order valence-electron chi connectivity index (χ1n) is 3.96. The zero-order valence-corrected chi connectivity index (χ0v) is 9.88. The van der Waals surface area contributed by atoms with Gasteiger partial charge in [-0.25, -0.2) is 0 Å². The molecular weight excluding hydrogens is 239 g/mol. The van der Waals surface area contributed by atoms with Gasteiger partial charge in [0.25, 0.3) is 0 Å². The van der Waals surface area contributed by atoms with Crippen LogP contribution in [0.25, 0.3) is 0 Å². The van der Waals surface area contributed by atoms with E-state index < -0.39 is 0 Å². The van der Waals surface area contributed by atoms with E-state index in [1.807, 2.05) is 13.0 Å². The molecule has 1 rings (SSSR count). The van der Waals surface area contributed by atoms with E-state index in [0.717, 1.165) is 5.56 Å². The minimum atomic E-state index is 0.0669. The molecule has 1 unspecified atom stereocenters. The lowest BCUT2D eigenvalue weighted by atomic mass is 10.2. The van der Waals surface area contributed by atoms with Gasteiger partial charge in [0.1, 0.15) is 0 Å². The zero-order chi connectivity index (χ0) is 10.7. The van der Waals surface area contributed by atoms with E-state index in [4.69, 9.17) is 34.3 Å². The molecule has 0 radical (unpaired) electrons. The van der Waals surface area contributed by atoms with Crippen molar-refractivity contribution in [3.63, 3.8) is 0 Å². The SMILES string of the molecule is CC(SC(=N)N)c1ccc(Cl)cc1Cl. The van der Waals surface area contributed by atoms with Crippen molar-refractivity contribution in [3.05, 3.63) is 33.8 Å². The Morgan fingerprint density at radius 2 is 2.14 bits per heavy atom. The smallest absolute Gasteiger partial charge is 0.151 e. The molecule has 1 aromatic rings. The first-order valence-corrected chi connectivity index (χ1v) is 5.60. The Morgan fingerprint density at radius 3 is 2.64 bits per heavy atom. The lowest BCUT2D eigenvalue weighted by Crippen LogP contribution is -2.06. The molecular formula is C9H10Cl2N2S. The summed E-state index contributed by atoms with van der Waals surface area (Å²) in [5.74, 6) is 0. The quantitative estimate of drug-likeness (QED) is 0.620. The molecule has 2 nitrogen and oxygen atoms in total. The molecule has 76 valence electrons. The number of hydrogen-bond acceptors (Lipinski definition) is 2. The van der Waals surface area contributed by atoms with Crippen LogP contribution in [0.15, 0.2) is 18.2 Å². The summed E-state index contributed by atoms with van der Waals surface area (Å²) in [6.45, 7) is 1.95. The van der Waals surface area contributed by atoms with Gasteiger partial charge in [-0.2, -0.15) is 0 Å². The lowest BCUT2D eigenvalue weighted by Gasteiger charge is -2.11. The van der Waals surface area contributed by atoms with E-state index in [2.05, 4.69) is 0 Å². The van der Waals surface area contributed by atoms with Crippen molar-refractivity contribution in [1.82, 2.24) is 0 Å². The summed E-state index contributed by atoms with van der Waals surface area (Å²) < 4.78 is 0. The molecule has 0 aliphatic heterocycles. The third-order valence-electron chi connectivity index (χ3n) is 1.70. The van der Waals surface area contributed by atoms with Gasteiger partial charge in [-0.3, -0.25) is 5.41 Å². The minimum Gasteiger partial charge on any atom is -0.379 e. The predicted molar refractivity (Wildman–Crippen MR) is 64.4 cm³/mol. The maximum absolute atomic E-state index is 7.16. The Labute approximate surface area is 97.3 Å². The monoisotopic (exact) mass is 248 g/mol. The van der Waals surface area contributed by atoms with E-state index >= 15 is 0 Å². The summed E-state index contributed by atoms with van der Waals surface area (Å²) in [5.41, 5.74) is 6.23. The third-order valence-corrected chi connectivity index (χ3v) is 3.13. The number of hydrogen-bond donors (Lipinski definition) is 2. The van der Waals surface area contributed by atoms with E-state index in [9.17, 15) is 0 Å². The Kier molecular flexibility index (Phi) is 4.11. The molecule has 3 N–H and O–H groups in total. The van der Waals surface area contributed by atoms with Crippen molar-refractivity contribution in [3.8, 4) is 0 Å². The molecule has 0 saturated carbocycles. The molecule has 0 fully saturated rings. The first-order chi connectivity index (χ1) is 6.50. The van der Waals surface area contributed by atoms with Crippen LogP contribution >= 0.6 is 35.0 Å². The van der Waals surface area contributed by atoms with Crippen LogP contribution in [0.5, 0.6) is 0 Å². The van der Waals surface area contributed by atoms with Gasteiger partial charge >= 0.3 is 0 Å². The molecule has 14 heavy (non-hydrogen) atoms. The molecule has 0 amide bonds. The number of thioether (sulfide) groups is 1. The van der Waals surface area contributed by atoms with Crippen LogP contribution in [-0.2, 0) is 0 Å². The number of amidine groups is 1. The Hall–Kier alpha value is -0.380. The van der Waals surface area contributed by atoms with Crippen molar-refractivity contribution in [1.29, 1.82) is 5.41 Å². The fraction of sp³-hybridized carbons (Fsp3) is 0.222.